The first-order valence-corrected chi connectivity index (χ1v) is 11.3. The fourth-order valence-electron chi connectivity index (χ4n) is 4.28. The zero-order chi connectivity index (χ0) is 24.2. The monoisotopic (exact) mass is 482 g/mol. The van der Waals surface area contributed by atoms with Gasteiger partial charge in [-0.1, -0.05) is 43.0 Å². The summed E-state index contributed by atoms with van der Waals surface area (Å²) in [7, 11) is 0. The van der Waals surface area contributed by atoms with Crippen molar-refractivity contribution in [2.45, 2.75) is 35.4 Å². The number of amides is 3. The molecule has 5 nitrogen and oxygen atoms in total. The number of imide groups is 1. The third-order valence-corrected chi connectivity index (χ3v) is 7.01. The molecule has 1 unspecified atom stereocenters. The maximum atomic E-state index is 13.9. The van der Waals surface area contributed by atoms with E-state index in [-0.39, 0.29) is 23.2 Å². The van der Waals surface area contributed by atoms with Crippen LogP contribution in [-0.4, -0.2) is 28.7 Å². The van der Waals surface area contributed by atoms with E-state index in [9.17, 15) is 27.6 Å². The molecule has 2 aliphatic rings. The van der Waals surface area contributed by atoms with Gasteiger partial charge in [-0.2, -0.15) is 13.2 Å². The Hall–Kier alpha value is -3.59. The van der Waals surface area contributed by atoms with Crippen molar-refractivity contribution >= 4 is 40.9 Å². The Morgan fingerprint density at radius 3 is 2.09 bits per heavy atom. The molecule has 0 N–H and O–H groups in total. The van der Waals surface area contributed by atoms with Gasteiger partial charge in [0.15, 0.2) is 0 Å². The molecule has 0 aliphatic carbocycles. The number of anilines is 2. The van der Waals surface area contributed by atoms with Crippen LogP contribution in [0.4, 0.5) is 24.5 Å². The van der Waals surface area contributed by atoms with E-state index in [1.165, 1.54) is 34.9 Å². The van der Waals surface area contributed by atoms with Gasteiger partial charge in [-0.15, -0.1) is 0 Å². The lowest BCUT2D eigenvalue weighted by Gasteiger charge is -2.35. The van der Waals surface area contributed by atoms with Crippen LogP contribution in [0.2, 0.25) is 0 Å². The summed E-state index contributed by atoms with van der Waals surface area (Å²) in [5, 5.41) is 0. The number of hydrogen-bond donors (Lipinski definition) is 0. The normalized spacial score (nSPS) is 15.6. The molecule has 0 spiro atoms. The summed E-state index contributed by atoms with van der Waals surface area (Å²) in [6.45, 7) is 1.66. The Kier molecular flexibility index (Phi) is 5.24. The second-order valence-corrected chi connectivity index (χ2v) is 8.96. The van der Waals surface area contributed by atoms with Crippen molar-refractivity contribution in [1.29, 1.82) is 0 Å². The summed E-state index contributed by atoms with van der Waals surface area (Å²) in [6, 6.07) is 15.2. The highest BCUT2D eigenvalue weighted by molar-refractivity contribution is 7.99. The van der Waals surface area contributed by atoms with Crippen LogP contribution in [0.1, 0.15) is 39.6 Å². The molecule has 3 amide bonds. The average Bonchev–Trinajstić information content (AvgIpc) is 3.07. The molecule has 2 heterocycles. The molecule has 2 aliphatic heterocycles. The number of alkyl halides is 3. The minimum atomic E-state index is -4.60. The van der Waals surface area contributed by atoms with Gasteiger partial charge in [-0.25, -0.2) is 0 Å². The zero-order valence-corrected chi connectivity index (χ0v) is 18.6. The maximum Gasteiger partial charge on any atom is 0.416 e. The molecule has 0 bridgehead atoms. The van der Waals surface area contributed by atoms with Crippen LogP contribution in [0.3, 0.4) is 0 Å². The number of halogens is 3. The Bertz CT molecular complexity index is 1320. The molecule has 1 atom stereocenters. The molecule has 9 heteroatoms. The van der Waals surface area contributed by atoms with Crippen LogP contribution in [0, 0.1) is 0 Å². The predicted octanol–water partition coefficient (Wildman–Crippen LogP) is 5.91. The van der Waals surface area contributed by atoms with Crippen LogP contribution in [0.25, 0.3) is 0 Å². The van der Waals surface area contributed by atoms with E-state index in [4.69, 9.17) is 0 Å². The van der Waals surface area contributed by atoms with Crippen LogP contribution in [0.15, 0.2) is 76.5 Å². The fourth-order valence-corrected chi connectivity index (χ4v) is 5.31. The highest BCUT2D eigenvalue weighted by Crippen LogP contribution is 2.50. The summed E-state index contributed by atoms with van der Waals surface area (Å²) in [5.74, 6) is -1.83. The van der Waals surface area contributed by atoms with E-state index in [2.05, 4.69) is 0 Å². The third kappa shape index (κ3) is 3.38. The smallest absolute Gasteiger partial charge is 0.277 e. The van der Waals surface area contributed by atoms with Crippen LogP contribution >= 0.6 is 11.8 Å². The Morgan fingerprint density at radius 1 is 0.882 bits per heavy atom. The molecular formula is C25H17F3N2O3S. The zero-order valence-electron chi connectivity index (χ0n) is 17.8. The van der Waals surface area contributed by atoms with Crippen molar-refractivity contribution in [2.24, 2.45) is 0 Å². The standard InChI is InChI=1S/C25H17F3N2O3S/c1-2-17(30-22(31)15-7-3-4-8-16(15)23(30)32)24(33)29-18-9-5-6-10-20(18)34-21-12-11-14(13-19(21)29)25(26,27)28/h3-13,17H,2H2,1H3. The largest absolute Gasteiger partial charge is 0.416 e. The minimum Gasteiger partial charge on any atom is -0.277 e. The van der Waals surface area contributed by atoms with E-state index < -0.39 is 35.5 Å². The predicted molar refractivity (Wildman–Crippen MR) is 120 cm³/mol. The van der Waals surface area contributed by atoms with Gasteiger partial charge in [-0.05, 0) is 48.9 Å². The molecule has 0 fully saturated rings. The first kappa shape index (κ1) is 22.2. The fraction of sp³-hybridized carbons (Fsp3) is 0.160. The molecule has 0 saturated carbocycles. The number of carbonyl (C=O) groups excluding carboxylic acids is 3. The molecule has 34 heavy (non-hydrogen) atoms. The Balaban J connectivity index is 1.62. The van der Waals surface area contributed by atoms with E-state index in [1.54, 1.807) is 43.3 Å². The Morgan fingerprint density at radius 2 is 1.47 bits per heavy atom. The molecule has 3 aromatic rings. The number of benzene rings is 3. The van der Waals surface area contributed by atoms with Crippen molar-refractivity contribution in [1.82, 2.24) is 4.90 Å². The van der Waals surface area contributed by atoms with Crippen molar-refractivity contribution < 1.29 is 27.6 Å². The first-order chi connectivity index (χ1) is 16.2. The molecule has 0 aromatic heterocycles. The number of nitrogens with zero attached hydrogens (tertiary/aromatic N) is 2. The van der Waals surface area contributed by atoms with Crippen molar-refractivity contribution in [3.63, 3.8) is 0 Å². The summed E-state index contributed by atoms with van der Waals surface area (Å²) in [4.78, 5) is 43.3. The number of carbonyl (C=O) groups is 3. The minimum absolute atomic E-state index is 0.0681. The maximum absolute atomic E-state index is 13.9. The summed E-state index contributed by atoms with van der Waals surface area (Å²) >= 11 is 1.26. The van der Waals surface area contributed by atoms with E-state index >= 15 is 0 Å². The SMILES string of the molecule is CCC(C(=O)N1c2ccccc2Sc2ccc(C(F)(F)F)cc21)N1C(=O)c2ccccc2C1=O. The Labute approximate surface area is 197 Å². The molecule has 172 valence electrons. The van der Waals surface area contributed by atoms with Gasteiger partial charge in [0.25, 0.3) is 17.7 Å². The number of fused-ring (bicyclic) bond motifs is 3. The van der Waals surface area contributed by atoms with Gasteiger partial charge < -0.3 is 0 Å². The quantitative estimate of drug-likeness (QED) is 0.436. The van der Waals surface area contributed by atoms with E-state index in [0.29, 0.717) is 15.5 Å². The van der Waals surface area contributed by atoms with E-state index in [1.807, 2.05) is 0 Å². The first-order valence-electron chi connectivity index (χ1n) is 10.5. The molecule has 0 saturated heterocycles. The second kappa shape index (κ2) is 8.02. The highest BCUT2D eigenvalue weighted by Gasteiger charge is 2.45. The average molecular weight is 482 g/mol. The van der Waals surface area contributed by atoms with E-state index in [0.717, 1.165) is 17.0 Å². The van der Waals surface area contributed by atoms with Crippen LogP contribution < -0.4 is 4.90 Å². The van der Waals surface area contributed by atoms with Crippen molar-refractivity contribution in [3.05, 3.63) is 83.4 Å². The van der Waals surface area contributed by atoms with Gasteiger partial charge in [0.2, 0.25) is 0 Å². The summed E-state index contributed by atoms with van der Waals surface area (Å²) in [6.07, 6.45) is -4.50. The lowest BCUT2D eigenvalue weighted by molar-refractivity contribution is -0.137. The number of rotatable bonds is 3. The van der Waals surface area contributed by atoms with Crippen LogP contribution in [-0.2, 0) is 11.0 Å². The molecule has 5 rings (SSSR count). The second-order valence-electron chi connectivity index (χ2n) is 7.87. The number of hydrogen-bond acceptors (Lipinski definition) is 4. The van der Waals surface area contributed by atoms with Crippen LogP contribution in [0.5, 0.6) is 0 Å². The van der Waals surface area contributed by atoms with Gasteiger partial charge in [0.05, 0.1) is 28.1 Å². The molecular weight excluding hydrogens is 465 g/mol. The lowest BCUT2D eigenvalue weighted by Crippen LogP contribution is -2.50. The molecule has 0 radical (unpaired) electrons. The third-order valence-electron chi connectivity index (χ3n) is 5.88. The topological polar surface area (TPSA) is 57.7 Å². The van der Waals surface area contributed by atoms with Gasteiger partial charge >= 0.3 is 6.18 Å². The van der Waals surface area contributed by atoms with Crippen molar-refractivity contribution in [2.75, 3.05) is 4.90 Å². The van der Waals surface area contributed by atoms with Gasteiger partial charge in [0, 0.05) is 9.79 Å². The summed E-state index contributed by atoms with van der Waals surface area (Å²) in [5.41, 5.74) is -0.0167. The summed E-state index contributed by atoms with van der Waals surface area (Å²) < 4.78 is 40.5. The lowest BCUT2D eigenvalue weighted by atomic mass is 10.1. The highest BCUT2D eigenvalue weighted by atomic mass is 32.2. The van der Waals surface area contributed by atoms with Gasteiger partial charge in [0.1, 0.15) is 6.04 Å². The molecule has 3 aromatic carbocycles. The number of para-hydroxylation sites is 1. The van der Waals surface area contributed by atoms with Crippen molar-refractivity contribution in [3.8, 4) is 0 Å². The van der Waals surface area contributed by atoms with Gasteiger partial charge in [-0.3, -0.25) is 24.2 Å².